The summed E-state index contributed by atoms with van der Waals surface area (Å²) in [6, 6.07) is 6.70. The molecule has 0 saturated heterocycles. The Hall–Kier alpha value is -2.53. The van der Waals surface area contributed by atoms with E-state index in [1.54, 1.807) is 36.9 Å². The molecule has 1 aromatic carbocycles. The number of hydrogen-bond acceptors (Lipinski definition) is 3. The van der Waals surface area contributed by atoms with Gasteiger partial charge in [-0.15, -0.1) is 0 Å². The summed E-state index contributed by atoms with van der Waals surface area (Å²) in [7, 11) is 0. The number of nitrogens with zero attached hydrogens (tertiary/aromatic N) is 1. The number of nitrogens with one attached hydrogen (secondary N) is 1. The number of amides is 1. The summed E-state index contributed by atoms with van der Waals surface area (Å²) >= 11 is 0. The molecule has 0 fully saturated rings. The maximum atomic E-state index is 14.0. The van der Waals surface area contributed by atoms with Crippen LogP contribution >= 0.6 is 0 Å². The fourth-order valence-electron chi connectivity index (χ4n) is 3.44. The van der Waals surface area contributed by atoms with E-state index in [4.69, 9.17) is 0 Å². The van der Waals surface area contributed by atoms with Crippen molar-refractivity contribution in [3.63, 3.8) is 0 Å². The zero-order valence-corrected chi connectivity index (χ0v) is 13.6. The molecule has 0 bridgehead atoms. The number of carbonyl (C=O) groups excluding carboxylic acids is 1. The minimum absolute atomic E-state index is 0.364. The third kappa shape index (κ3) is 2.61. The lowest BCUT2D eigenvalue weighted by Crippen LogP contribution is -2.41. The van der Waals surface area contributed by atoms with Crippen molar-refractivity contribution in [3.8, 4) is 0 Å². The number of carbonyl (C=O) groups is 1. The SMILES string of the molecule is Cc1cncc(C2=C[C@](C(=O)NO)(c3cccc(F)c3C)CC2)c1. The van der Waals surface area contributed by atoms with E-state index in [-0.39, 0.29) is 5.82 Å². The number of aryl methyl sites for hydroxylation is 1. The third-order valence-electron chi connectivity index (χ3n) is 4.71. The van der Waals surface area contributed by atoms with Crippen LogP contribution in [0.1, 0.15) is 35.1 Å². The van der Waals surface area contributed by atoms with Crippen molar-refractivity contribution in [1.82, 2.24) is 10.5 Å². The summed E-state index contributed by atoms with van der Waals surface area (Å²) in [6.07, 6.45) is 6.46. The van der Waals surface area contributed by atoms with Crippen LogP contribution in [0.25, 0.3) is 5.57 Å². The number of pyridine rings is 1. The Labute approximate surface area is 140 Å². The molecule has 0 aliphatic heterocycles. The molecular weight excluding hydrogens is 307 g/mol. The Kier molecular flexibility index (Phi) is 4.20. The molecule has 4 nitrogen and oxygen atoms in total. The van der Waals surface area contributed by atoms with Crippen LogP contribution in [0.2, 0.25) is 0 Å². The fraction of sp³-hybridized carbons (Fsp3) is 0.263. The summed E-state index contributed by atoms with van der Waals surface area (Å²) in [4.78, 5) is 16.7. The van der Waals surface area contributed by atoms with Gasteiger partial charge in [-0.1, -0.05) is 18.2 Å². The molecule has 1 aliphatic carbocycles. The second kappa shape index (κ2) is 6.17. The van der Waals surface area contributed by atoms with Crippen molar-refractivity contribution in [2.45, 2.75) is 32.1 Å². The largest absolute Gasteiger partial charge is 0.289 e. The summed E-state index contributed by atoms with van der Waals surface area (Å²) in [5.74, 6) is -0.913. The fourth-order valence-corrected chi connectivity index (χ4v) is 3.44. The van der Waals surface area contributed by atoms with E-state index in [2.05, 4.69) is 4.98 Å². The molecule has 0 saturated carbocycles. The molecule has 0 radical (unpaired) electrons. The number of aromatic nitrogens is 1. The van der Waals surface area contributed by atoms with Crippen molar-refractivity contribution in [1.29, 1.82) is 0 Å². The molecule has 2 N–H and O–H groups in total. The standard InChI is InChI=1S/C19H19FN2O2/c1-12-8-15(11-21-10-12)14-6-7-19(9-14,18(23)22-24)16-4-3-5-17(20)13(16)2/h3-5,8-11,24H,6-7H2,1-2H3,(H,22,23)/t19-/m0/s1. The van der Waals surface area contributed by atoms with Crippen molar-refractivity contribution in [2.75, 3.05) is 0 Å². The second-order valence-corrected chi connectivity index (χ2v) is 6.25. The predicted octanol–water partition coefficient (Wildman–Crippen LogP) is 3.46. The summed E-state index contributed by atoms with van der Waals surface area (Å²) < 4.78 is 14.0. The number of rotatable bonds is 3. The summed E-state index contributed by atoms with van der Waals surface area (Å²) in [6.45, 7) is 3.60. The van der Waals surface area contributed by atoms with E-state index in [1.165, 1.54) is 6.07 Å². The van der Waals surface area contributed by atoms with Gasteiger partial charge in [0.1, 0.15) is 5.82 Å². The third-order valence-corrected chi connectivity index (χ3v) is 4.71. The highest BCUT2D eigenvalue weighted by Crippen LogP contribution is 2.44. The minimum atomic E-state index is -1.08. The Morgan fingerprint density at radius 1 is 1.33 bits per heavy atom. The van der Waals surface area contributed by atoms with Gasteiger partial charge in [0.15, 0.2) is 0 Å². The van der Waals surface area contributed by atoms with Crippen LogP contribution in [-0.2, 0) is 10.2 Å². The first-order chi connectivity index (χ1) is 11.5. The first-order valence-electron chi connectivity index (χ1n) is 7.82. The lowest BCUT2D eigenvalue weighted by atomic mass is 9.77. The number of halogens is 1. The van der Waals surface area contributed by atoms with Crippen molar-refractivity contribution >= 4 is 11.5 Å². The zero-order chi connectivity index (χ0) is 17.3. The monoisotopic (exact) mass is 326 g/mol. The van der Waals surface area contributed by atoms with Crippen LogP contribution in [0.15, 0.2) is 42.7 Å². The van der Waals surface area contributed by atoms with Crippen molar-refractivity contribution in [3.05, 3.63) is 70.8 Å². The van der Waals surface area contributed by atoms with E-state index < -0.39 is 11.3 Å². The molecule has 0 spiro atoms. The molecule has 124 valence electrons. The molecule has 2 aromatic rings. The highest BCUT2D eigenvalue weighted by molar-refractivity contribution is 5.94. The van der Waals surface area contributed by atoms with Crippen LogP contribution in [0.5, 0.6) is 0 Å². The molecule has 24 heavy (non-hydrogen) atoms. The molecule has 0 unspecified atom stereocenters. The van der Waals surface area contributed by atoms with Gasteiger partial charge in [0.25, 0.3) is 5.91 Å². The molecule has 5 heteroatoms. The van der Waals surface area contributed by atoms with Gasteiger partial charge in [0.2, 0.25) is 0 Å². The Morgan fingerprint density at radius 2 is 2.12 bits per heavy atom. The summed E-state index contributed by atoms with van der Waals surface area (Å²) in [5.41, 5.74) is 4.60. The zero-order valence-electron chi connectivity index (χ0n) is 13.6. The molecule has 1 aromatic heterocycles. The van der Waals surface area contributed by atoms with Gasteiger partial charge < -0.3 is 0 Å². The van der Waals surface area contributed by atoms with E-state index >= 15 is 0 Å². The van der Waals surface area contributed by atoms with Gasteiger partial charge in [-0.05, 0) is 66.6 Å². The lowest BCUT2D eigenvalue weighted by Gasteiger charge is -2.27. The van der Waals surface area contributed by atoms with Gasteiger partial charge in [0.05, 0.1) is 5.41 Å². The predicted molar refractivity (Wildman–Crippen MR) is 88.9 cm³/mol. The van der Waals surface area contributed by atoms with Gasteiger partial charge in [-0.2, -0.15) is 0 Å². The first kappa shape index (κ1) is 16.3. The van der Waals surface area contributed by atoms with Gasteiger partial charge in [0, 0.05) is 12.4 Å². The van der Waals surface area contributed by atoms with Crippen LogP contribution in [0.4, 0.5) is 4.39 Å². The van der Waals surface area contributed by atoms with E-state index in [0.29, 0.717) is 24.0 Å². The van der Waals surface area contributed by atoms with Crippen LogP contribution in [0, 0.1) is 19.7 Å². The minimum Gasteiger partial charge on any atom is -0.289 e. The summed E-state index contributed by atoms with van der Waals surface area (Å²) in [5, 5.41) is 9.25. The Bertz CT molecular complexity index is 832. The quantitative estimate of drug-likeness (QED) is 0.671. The Morgan fingerprint density at radius 3 is 2.83 bits per heavy atom. The molecule has 1 heterocycles. The highest BCUT2D eigenvalue weighted by Gasteiger charge is 2.43. The van der Waals surface area contributed by atoms with Crippen molar-refractivity contribution < 1.29 is 14.4 Å². The molecule has 3 rings (SSSR count). The first-order valence-corrected chi connectivity index (χ1v) is 7.82. The lowest BCUT2D eigenvalue weighted by molar-refractivity contribution is -0.133. The van der Waals surface area contributed by atoms with Crippen molar-refractivity contribution in [2.24, 2.45) is 0 Å². The van der Waals surface area contributed by atoms with E-state index in [0.717, 1.165) is 16.7 Å². The highest BCUT2D eigenvalue weighted by atomic mass is 19.1. The van der Waals surface area contributed by atoms with Crippen LogP contribution in [0.3, 0.4) is 0 Å². The van der Waals surface area contributed by atoms with Gasteiger partial charge in [-0.25, -0.2) is 9.87 Å². The number of hydrogen-bond donors (Lipinski definition) is 2. The number of benzene rings is 1. The molecule has 1 atom stereocenters. The maximum absolute atomic E-state index is 14.0. The van der Waals surface area contributed by atoms with Gasteiger partial charge >= 0.3 is 0 Å². The van der Waals surface area contributed by atoms with Crippen LogP contribution in [-0.4, -0.2) is 16.1 Å². The van der Waals surface area contributed by atoms with E-state index in [1.807, 2.05) is 19.1 Å². The average molecular weight is 326 g/mol. The topological polar surface area (TPSA) is 62.2 Å². The Balaban J connectivity index is 2.15. The number of hydroxylamine groups is 1. The normalized spacial score (nSPS) is 19.9. The smallest absolute Gasteiger partial charge is 0.257 e. The maximum Gasteiger partial charge on any atom is 0.257 e. The van der Waals surface area contributed by atoms with Crippen LogP contribution < -0.4 is 5.48 Å². The second-order valence-electron chi connectivity index (χ2n) is 6.25. The molecule has 1 amide bonds. The van der Waals surface area contributed by atoms with Gasteiger partial charge in [-0.3, -0.25) is 15.0 Å². The molecular formula is C19H19FN2O2. The molecule has 1 aliphatic rings. The average Bonchev–Trinajstić information content (AvgIpc) is 3.03. The number of allylic oxidation sites excluding steroid dienone is 1. The van der Waals surface area contributed by atoms with E-state index in [9.17, 15) is 14.4 Å².